The van der Waals surface area contributed by atoms with E-state index >= 15 is 0 Å². The lowest BCUT2D eigenvalue weighted by Crippen LogP contribution is -2.26. The Balaban J connectivity index is -0.000000235. The van der Waals surface area contributed by atoms with Crippen LogP contribution in [0.25, 0.3) is 0 Å². The van der Waals surface area contributed by atoms with Crippen LogP contribution in [-0.2, 0) is 10.4 Å². The molecule has 0 aliphatic carbocycles. The monoisotopic (exact) mass is 320 g/mol. The molecule has 0 saturated carbocycles. The zero-order chi connectivity index (χ0) is 15.2. The minimum atomic E-state index is -4.67. The fourth-order valence-electron chi connectivity index (χ4n) is 0.697. The quantitative estimate of drug-likeness (QED) is 0.533. The molecule has 112 valence electrons. The molecule has 0 aromatic carbocycles. The summed E-state index contributed by atoms with van der Waals surface area (Å²) >= 11 is 6.91. The third-order valence-electron chi connectivity index (χ3n) is 1.29. The van der Waals surface area contributed by atoms with Gasteiger partial charge in [-0.1, -0.05) is 30.9 Å². The molecule has 6 nitrogen and oxygen atoms in total. The van der Waals surface area contributed by atoms with Crippen molar-refractivity contribution in [3.05, 3.63) is 0 Å². The van der Waals surface area contributed by atoms with Crippen molar-refractivity contribution in [1.82, 2.24) is 10.2 Å². The summed E-state index contributed by atoms with van der Waals surface area (Å²) in [7, 11) is -0.917. The van der Waals surface area contributed by atoms with Crippen LogP contribution in [0, 0.1) is 0 Å². The molecular weight excluding hydrogens is 296 g/mol. The van der Waals surface area contributed by atoms with Crippen LogP contribution in [0.2, 0.25) is 0 Å². The third kappa shape index (κ3) is 29.8. The molecule has 0 aromatic heterocycles. The van der Waals surface area contributed by atoms with Gasteiger partial charge in [0.2, 0.25) is 0 Å². The van der Waals surface area contributed by atoms with Crippen LogP contribution < -0.4 is 5.32 Å². The SMILES string of the molecule is CCSC(=S)N(CC)CC.CNC.O=S(=O)(O)O. The normalized spacial score (nSPS) is 9.50. The number of hydrogen-bond donors (Lipinski definition) is 3. The van der Waals surface area contributed by atoms with Crippen molar-refractivity contribution >= 4 is 38.7 Å². The fraction of sp³-hybridized carbons (Fsp3) is 0.889. The van der Waals surface area contributed by atoms with Crippen molar-refractivity contribution < 1.29 is 17.5 Å². The van der Waals surface area contributed by atoms with Crippen LogP contribution in [0.1, 0.15) is 20.8 Å². The van der Waals surface area contributed by atoms with Gasteiger partial charge in [-0.05, 0) is 33.7 Å². The second-order valence-corrected chi connectivity index (χ2v) is 5.61. The second-order valence-electron chi connectivity index (χ2n) is 2.82. The lowest BCUT2D eigenvalue weighted by atomic mass is 10.6. The maximum atomic E-state index is 8.74. The lowest BCUT2D eigenvalue weighted by Gasteiger charge is -2.20. The van der Waals surface area contributed by atoms with Crippen LogP contribution in [-0.4, -0.2) is 59.7 Å². The molecule has 0 fully saturated rings. The summed E-state index contributed by atoms with van der Waals surface area (Å²) in [6.07, 6.45) is 0. The van der Waals surface area contributed by atoms with Crippen molar-refractivity contribution in [1.29, 1.82) is 0 Å². The molecule has 0 rings (SSSR count). The summed E-state index contributed by atoms with van der Waals surface area (Å²) in [5.74, 6) is 1.08. The molecule has 0 unspecified atom stereocenters. The molecule has 0 amide bonds. The number of hydrogen-bond acceptors (Lipinski definition) is 5. The molecule has 18 heavy (non-hydrogen) atoms. The van der Waals surface area contributed by atoms with Crippen molar-refractivity contribution in [2.24, 2.45) is 0 Å². The van der Waals surface area contributed by atoms with Crippen LogP contribution in [0.4, 0.5) is 0 Å². The Morgan fingerprint density at radius 3 is 1.67 bits per heavy atom. The second kappa shape index (κ2) is 15.1. The van der Waals surface area contributed by atoms with Gasteiger partial charge >= 0.3 is 10.4 Å². The van der Waals surface area contributed by atoms with E-state index in [-0.39, 0.29) is 0 Å². The number of nitrogens with one attached hydrogen (secondary N) is 1. The first kappa shape index (κ1) is 23.2. The Kier molecular flexibility index (Phi) is 19.5. The summed E-state index contributed by atoms with van der Waals surface area (Å²) < 4.78 is 32.6. The third-order valence-corrected chi connectivity index (χ3v) is 2.70. The summed E-state index contributed by atoms with van der Waals surface area (Å²) in [5.41, 5.74) is 0. The van der Waals surface area contributed by atoms with E-state index in [0.29, 0.717) is 0 Å². The largest absolute Gasteiger partial charge is 0.394 e. The zero-order valence-electron chi connectivity index (χ0n) is 11.5. The lowest BCUT2D eigenvalue weighted by molar-refractivity contribution is 0.381. The first-order valence-corrected chi connectivity index (χ1v) is 8.16. The molecule has 0 aliphatic heterocycles. The highest BCUT2D eigenvalue weighted by molar-refractivity contribution is 8.22. The summed E-state index contributed by atoms with van der Waals surface area (Å²) in [5, 5.41) is 2.75. The number of nitrogens with zero attached hydrogens (tertiary/aromatic N) is 1. The molecule has 0 radical (unpaired) electrons. The Hall–Kier alpha value is 0.0700. The molecule has 0 aliphatic rings. The first-order chi connectivity index (χ1) is 8.17. The molecule has 0 saturated heterocycles. The number of thiocarbonyl (C=S) groups is 1. The highest BCUT2D eigenvalue weighted by Gasteiger charge is 2.02. The van der Waals surface area contributed by atoms with Gasteiger partial charge in [-0.25, -0.2) is 0 Å². The van der Waals surface area contributed by atoms with Crippen LogP contribution >= 0.6 is 24.0 Å². The van der Waals surface area contributed by atoms with Gasteiger partial charge in [-0.3, -0.25) is 9.11 Å². The van der Waals surface area contributed by atoms with E-state index in [2.05, 4.69) is 31.0 Å². The van der Waals surface area contributed by atoms with E-state index in [9.17, 15) is 0 Å². The molecule has 0 aromatic rings. The van der Waals surface area contributed by atoms with Gasteiger partial charge in [0, 0.05) is 13.1 Å². The highest BCUT2D eigenvalue weighted by atomic mass is 32.3. The van der Waals surface area contributed by atoms with Gasteiger partial charge in [-0.2, -0.15) is 8.42 Å². The number of thioether (sulfide) groups is 1. The minimum absolute atomic E-state index is 1.03. The average molecular weight is 321 g/mol. The Morgan fingerprint density at radius 2 is 1.50 bits per heavy atom. The summed E-state index contributed by atoms with van der Waals surface area (Å²) in [4.78, 5) is 2.20. The van der Waals surface area contributed by atoms with E-state index in [1.165, 1.54) is 0 Å². The van der Waals surface area contributed by atoms with Gasteiger partial charge < -0.3 is 10.2 Å². The van der Waals surface area contributed by atoms with E-state index in [4.69, 9.17) is 29.7 Å². The molecule has 3 N–H and O–H groups in total. The Morgan fingerprint density at radius 1 is 1.22 bits per heavy atom. The fourth-order valence-corrected chi connectivity index (χ4v) is 2.00. The van der Waals surface area contributed by atoms with E-state index in [1.807, 2.05) is 14.1 Å². The first-order valence-electron chi connectivity index (χ1n) is 5.37. The zero-order valence-corrected chi connectivity index (χ0v) is 14.0. The van der Waals surface area contributed by atoms with E-state index < -0.39 is 10.4 Å². The van der Waals surface area contributed by atoms with E-state index in [1.54, 1.807) is 11.8 Å². The van der Waals surface area contributed by atoms with E-state index in [0.717, 1.165) is 23.2 Å². The predicted molar refractivity (Wildman–Crippen MR) is 82.8 cm³/mol. The van der Waals surface area contributed by atoms with Crippen molar-refractivity contribution in [3.8, 4) is 0 Å². The average Bonchev–Trinajstić information content (AvgIpc) is 2.18. The molecular formula is C9H24N2O4S3. The van der Waals surface area contributed by atoms with Crippen molar-refractivity contribution in [2.45, 2.75) is 20.8 Å². The molecule has 0 bridgehead atoms. The van der Waals surface area contributed by atoms with Crippen LogP contribution in [0.3, 0.4) is 0 Å². The van der Waals surface area contributed by atoms with Crippen LogP contribution in [0.15, 0.2) is 0 Å². The number of rotatable bonds is 3. The minimum Gasteiger partial charge on any atom is -0.358 e. The maximum absolute atomic E-state index is 8.74. The maximum Gasteiger partial charge on any atom is 0.394 e. The predicted octanol–water partition coefficient (Wildman–Crippen LogP) is 1.55. The van der Waals surface area contributed by atoms with Gasteiger partial charge in [0.05, 0.1) is 0 Å². The molecule has 0 heterocycles. The molecule has 9 heteroatoms. The van der Waals surface area contributed by atoms with Gasteiger partial charge in [0.15, 0.2) is 0 Å². The Labute approximate surface area is 120 Å². The van der Waals surface area contributed by atoms with Gasteiger partial charge in [-0.15, -0.1) is 0 Å². The molecule has 0 spiro atoms. The van der Waals surface area contributed by atoms with Gasteiger partial charge in [0.25, 0.3) is 0 Å². The summed E-state index contributed by atoms with van der Waals surface area (Å²) in [6.45, 7) is 8.45. The standard InChI is InChI=1S/C7H15NS2.C2H7N.H2O4S/c1-4-8(5-2)7(9)10-6-3;1-3-2;1-5(2,3)4/h4-6H2,1-3H3;3H,1-2H3;(H2,1,2,3,4). The Bertz CT molecular complexity index is 272. The van der Waals surface area contributed by atoms with Crippen molar-refractivity contribution in [3.63, 3.8) is 0 Å². The smallest absolute Gasteiger partial charge is 0.358 e. The van der Waals surface area contributed by atoms with Crippen LogP contribution in [0.5, 0.6) is 0 Å². The summed E-state index contributed by atoms with van der Waals surface area (Å²) in [6, 6.07) is 0. The van der Waals surface area contributed by atoms with Crippen molar-refractivity contribution in [2.75, 3.05) is 32.9 Å². The topological polar surface area (TPSA) is 89.9 Å². The molecule has 0 atom stereocenters. The highest BCUT2D eigenvalue weighted by Crippen LogP contribution is 2.07. The van der Waals surface area contributed by atoms with Gasteiger partial charge in [0.1, 0.15) is 4.32 Å².